The molecule has 2 heterocycles. The number of piperazine rings is 1. The van der Waals surface area contributed by atoms with Crippen LogP contribution in [0.4, 0.5) is 5.69 Å². The number of hydrogen-bond donors (Lipinski definition) is 3. The van der Waals surface area contributed by atoms with Crippen molar-refractivity contribution in [3.63, 3.8) is 0 Å². The van der Waals surface area contributed by atoms with Gasteiger partial charge in [0, 0.05) is 26.2 Å². The minimum absolute atomic E-state index is 0.0286. The summed E-state index contributed by atoms with van der Waals surface area (Å²) in [7, 11) is 0. The van der Waals surface area contributed by atoms with Crippen LogP contribution in [-0.4, -0.2) is 55.7 Å². The molecule has 0 bridgehead atoms. The fraction of sp³-hybridized carbons (Fsp3) is 0.571. The van der Waals surface area contributed by atoms with Crippen molar-refractivity contribution in [1.82, 2.24) is 5.32 Å². The molecule has 1 unspecified atom stereocenters. The third-order valence-corrected chi connectivity index (χ3v) is 3.65. The Hall–Kier alpha value is -1.50. The summed E-state index contributed by atoms with van der Waals surface area (Å²) in [6.07, 6.45) is -0.329. The highest BCUT2D eigenvalue weighted by atomic mass is 16.6. The Bertz CT molecular complexity index is 474. The Labute approximate surface area is 117 Å². The van der Waals surface area contributed by atoms with E-state index in [4.69, 9.17) is 9.47 Å². The summed E-state index contributed by atoms with van der Waals surface area (Å²) in [4.78, 5) is 2.22. The number of benzene rings is 1. The van der Waals surface area contributed by atoms with Crippen molar-refractivity contribution in [2.75, 3.05) is 44.3 Å². The Morgan fingerprint density at radius 2 is 2.05 bits per heavy atom. The molecule has 0 aromatic heterocycles. The number of fused-ring (bicyclic) bond motifs is 1. The summed E-state index contributed by atoms with van der Waals surface area (Å²) in [5.74, 6) is 1.32. The molecule has 1 saturated heterocycles. The fourth-order valence-electron chi connectivity index (χ4n) is 2.57. The minimum Gasteiger partial charge on any atom is -0.486 e. The van der Waals surface area contributed by atoms with E-state index in [9.17, 15) is 10.2 Å². The average molecular weight is 280 g/mol. The second-order valence-corrected chi connectivity index (χ2v) is 5.07. The second kappa shape index (κ2) is 5.87. The molecule has 2 aliphatic heterocycles. The lowest BCUT2D eigenvalue weighted by Gasteiger charge is -2.34. The average Bonchev–Trinajstić information content (AvgIpc) is 2.54. The van der Waals surface area contributed by atoms with E-state index in [-0.39, 0.29) is 19.3 Å². The van der Waals surface area contributed by atoms with Gasteiger partial charge in [-0.2, -0.15) is 0 Å². The van der Waals surface area contributed by atoms with Crippen LogP contribution in [0.1, 0.15) is 5.56 Å². The normalized spacial score (nSPS) is 21.9. The van der Waals surface area contributed by atoms with E-state index in [2.05, 4.69) is 10.2 Å². The van der Waals surface area contributed by atoms with Crippen molar-refractivity contribution in [2.45, 2.75) is 12.7 Å². The predicted molar refractivity (Wildman–Crippen MR) is 74.4 cm³/mol. The molecule has 6 nitrogen and oxygen atoms in total. The van der Waals surface area contributed by atoms with Gasteiger partial charge in [-0.25, -0.2) is 0 Å². The molecule has 3 N–H and O–H groups in total. The van der Waals surface area contributed by atoms with Crippen LogP contribution in [0.5, 0.6) is 11.5 Å². The first kappa shape index (κ1) is 13.5. The van der Waals surface area contributed by atoms with Gasteiger partial charge in [-0.05, 0) is 17.7 Å². The molecule has 6 heteroatoms. The monoisotopic (exact) mass is 280 g/mol. The van der Waals surface area contributed by atoms with Gasteiger partial charge in [-0.1, -0.05) is 0 Å². The van der Waals surface area contributed by atoms with Crippen molar-refractivity contribution < 1.29 is 19.7 Å². The summed E-state index contributed by atoms with van der Waals surface area (Å²) in [6.45, 7) is 3.84. The van der Waals surface area contributed by atoms with Crippen LogP contribution >= 0.6 is 0 Å². The van der Waals surface area contributed by atoms with E-state index in [1.807, 2.05) is 6.07 Å². The highest BCUT2D eigenvalue weighted by molar-refractivity contribution is 5.67. The Morgan fingerprint density at radius 1 is 1.25 bits per heavy atom. The van der Waals surface area contributed by atoms with Crippen molar-refractivity contribution in [2.24, 2.45) is 0 Å². The summed E-state index contributed by atoms with van der Waals surface area (Å²) >= 11 is 0. The highest BCUT2D eigenvalue weighted by Gasteiger charge is 2.26. The van der Waals surface area contributed by atoms with Crippen LogP contribution in [0.2, 0.25) is 0 Å². The zero-order chi connectivity index (χ0) is 13.9. The maximum atomic E-state index is 9.39. The van der Waals surface area contributed by atoms with Crippen LogP contribution in [-0.2, 0) is 6.61 Å². The Morgan fingerprint density at radius 3 is 2.75 bits per heavy atom. The number of aliphatic hydroxyl groups is 2. The topological polar surface area (TPSA) is 74.2 Å². The zero-order valence-electron chi connectivity index (χ0n) is 11.3. The molecule has 0 aliphatic carbocycles. The van der Waals surface area contributed by atoms with E-state index in [0.29, 0.717) is 18.1 Å². The van der Waals surface area contributed by atoms with Gasteiger partial charge in [0.15, 0.2) is 17.6 Å². The van der Waals surface area contributed by atoms with Gasteiger partial charge in [0.1, 0.15) is 6.61 Å². The van der Waals surface area contributed by atoms with E-state index < -0.39 is 0 Å². The van der Waals surface area contributed by atoms with Crippen molar-refractivity contribution in [1.29, 1.82) is 0 Å². The van der Waals surface area contributed by atoms with Crippen LogP contribution in [0.3, 0.4) is 0 Å². The molecule has 0 spiro atoms. The van der Waals surface area contributed by atoms with Gasteiger partial charge in [0.25, 0.3) is 0 Å². The molecule has 3 rings (SSSR count). The van der Waals surface area contributed by atoms with Crippen molar-refractivity contribution >= 4 is 5.69 Å². The smallest absolute Gasteiger partial charge is 0.185 e. The first-order chi connectivity index (χ1) is 9.81. The fourth-order valence-corrected chi connectivity index (χ4v) is 2.57. The Balaban J connectivity index is 1.97. The third-order valence-electron chi connectivity index (χ3n) is 3.65. The van der Waals surface area contributed by atoms with E-state index in [0.717, 1.165) is 37.4 Å². The molecule has 20 heavy (non-hydrogen) atoms. The third kappa shape index (κ3) is 2.54. The van der Waals surface area contributed by atoms with Crippen molar-refractivity contribution in [3.8, 4) is 11.5 Å². The quantitative estimate of drug-likeness (QED) is 0.707. The highest BCUT2D eigenvalue weighted by Crippen LogP contribution is 2.42. The van der Waals surface area contributed by atoms with Crippen LogP contribution in [0.25, 0.3) is 0 Å². The molecule has 0 saturated carbocycles. The van der Waals surface area contributed by atoms with Gasteiger partial charge < -0.3 is 29.9 Å². The molecule has 0 radical (unpaired) electrons. The second-order valence-electron chi connectivity index (χ2n) is 5.07. The maximum absolute atomic E-state index is 9.39. The van der Waals surface area contributed by atoms with Gasteiger partial charge in [-0.3, -0.25) is 0 Å². The lowest BCUT2D eigenvalue weighted by atomic mass is 10.1. The SMILES string of the molecule is OCc1cc2c(c(N3CCNCC3)c1)OC(CO)CO2. The lowest BCUT2D eigenvalue weighted by molar-refractivity contribution is 0.0459. The first-order valence-corrected chi connectivity index (χ1v) is 6.95. The van der Waals surface area contributed by atoms with Gasteiger partial charge in [0.2, 0.25) is 0 Å². The summed E-state index contributed by atoms with van der Waals surface area (Å²) < 4.78 is 11.5. The number of aliphatic hydroxyl groups excluding tert-OH is 2. The molecular weight excluding hydrogens is 260 g/mol. The number of ether oxygens (including phenoxy) is 2. The van der Waals surface area contributed by atoms with Crippen LogP contribution in [0.15, 0.2) is 12.1 Å². The summed E-state index contributed by atoms with van der Waals surface area (Å²) in [5, 5.41) is 22.0. The molecular formula is C14H20N2O4. The molecule has 1 aromatic rings. The van der Waals surface area contributed by atoms with Gasteiger partial charge in [-0.15, -0.1) is 0 Å². The first-order valence-electron chi connectivity index (χ1n) is 6.95. The van der Waals surface area contributed by atoms with Gasteiger partial charge >= 0.3 is 0 Å². The number of rotatable bonds is 3. The van der Waals surface area contributed by atoms with Crippen molar-refractivity contribution in [3.05, 3.63) is 17.7 Å². The summed E-state index contributed by atoms with van der Waals surface area (Å²) in [5.41, 5.74) is 1.74. The van der Waals surface area contributed by atoms with Crippen LogP contribution < -0.4 is 19.7 Å². The zero-order valence-corrected chi connectivity index (χ0v) is 11.3. The van der Waals surface area contributed by atoms with E-state index >= 15 is 0 Å². The Kier molecular flexibility index (Phi) is 3.95. The maximum Gasteiger partial charge on any atom is 0.185 e. The number of nitrogens with zero attached hydrogens (tertiary/aromatic N) is 1. The number of hydrogen-bond acceptors (Lipinski definition) is 6. The van der Waals surface area contributed by atoms with Crippen LogP contribution in [0, 0.1) is 0 Å². The molecule has 0 amide bonds. The molecule has 110 valence electrons. The van der Waals surface area contributed by atoms with E-state index in [1.165, 1.54) is 0 Å². The summed E-state index contributed by atoms with van der Waals surface area (Å²) in [6, 6.07) is 3.74. The predicted octanol–water partition coefficient (Wildman–Crippen LogP) is -0.279. The van der Waals surface area contributed by atoms with Gasteiger partial charge in [0.05, 0.1) is 18.9 Å². The standard InChI is InChI=1S/C14H20N2O4/c17-7-10-5-12(16-3-1-15-2-4-16)14-13(6-10)19-9-11(8-18)20-14/h5-6,11,15,17-18H,1-4,7-9H2. The molecule has 2 aliphatic rings. The van der Waals surface area contributed by atoms with E-state index in [1.54, 1.807) is 6.07 Å². The molecule has 1 atom stereocenters. The molecule has 1 aromatic carbocycles. The molecule has 1 fully saturated rings. The number of anilines is 1. The lowest BCUT2D eigenvalue weighted by Crippen LogP contribution is -2.44. The minimum atomic E-state index is -0.329. The number of nitrogens with one attached hydrogen (secondary N) is 1. The largest absolute Gasteiger partial charge is 0.486 e.